The third-order valence-electron chi connectivity index (χ3n) is 13.1. The van der Waals surface area contributed by atoms with Gasteiger partial charge in [-0.05, 0) is 59.7 Å². The SMILES string of the molecule is Fc1ccc(-c2c(-n3c4ccccc4c4ccc5c6ccccc6sc5c43)c(-c3ccc(F)cc3)c(C(F)(F)F)c(-n3c4ccccc4c4ccc5c6ccccc6sc5c43)c2C(F)(F)F)cc1. The lowest BCUT2D eigenvalue weighted by Gasteiger charge is -2.31. The molecule has 0 bridgehead atoms. The minimum atomic E-state index is -5.49. The van der Waals surface area contributed by atoms with Crippen LogP contribution in [0.5, 0.6) is 0 Å². The molecule has 330 valence electrons. The van der Waals surface area contributed by atoms with Crippen LogP contribution in [-0.2, 0) is 12.4 Å². The van der Waals surface area contributed by atoms with Crippen LogP contribution in [-0.4, -0.2) is 9.13 Å². The van der Waals surface area contributed by atoms with Gasteiger partial charge in [0, 0.05) is 63.6 Å². The Kier molecular flexibility index (Phi) is 8.67. The fraction of sp³-hybridized carbons (Fsp3) is 0.0357. The van der Waals surface area contributed by atoms with Crippen LogP contribution in [0.1, 0.15) is 11.1 Å². The van der Waals surface area contributed by atoms with Crippen molar-refractivity contribution in [3.63, 3.8) is 0 Å². The van der Waals surface area contributed by atoms with Crippen molar-refractivity contribution in [1.29, 1.82) is 0 Å². The summed E-state index contributed by atoms with van der Waals surface area (Å²) in [5.41, 5.74) is -5.38. The summed E-state index contributed by atoms with van der Waals surface area (Å²) in [6.07, 6.45) is -11.0. The third-order valence-corrected chi connectivity index (χ3v) is 15.5. The summed E-state index contributed by atoms with van der Waals surface area (Å²) in [6.45, 7) is 0. The number of aromatic nitrogens is 2. The van der Waals surface area contributed by atoms with Crippen LogP contribution in [0.4, 0.5) is 35.1 Å². The van der Waals surface area contributed by atoms with Gasteiger partial charge < -0.3 is 9.13 Å². The van der Waals surface area contributed by atoms with Crippen molar-refractivity contribution in [3.05, 3.63) is 193 Å². The Labute approximate surface area is 387 Å². The predicted octanol–water partition coefficient (Wildman–Crippen LogP) is 18.3. The molecule has 12 heteroatoms. The molecule has 4 aromatic heterocycles. The first-order valence-electron chi connectivity index (χ1n) is 21.4. The molecule has 0 amide bonds. The van der Waals surface area contributed by atoms with Crippen LogP contribution >= 0.6 is 22.7 Å². The quantitative estimate of drug-likeness (QED) is 0.156. The van der Waals surface area contributed by atoms with E-state index < -0.39 is 57.6 Å². The van der Waals surface area contributed by atoms with Crippen molar-refractivity contribution in [2.24, 2.45) is 0 Å². The van der Waals surface area contributed by atoms with Gasteiger partial charge in [0.2, 0.25) is 0 Å². The highest BCUT2D eigenvalue weighted by atomic mass is 32.1. The zero-order valence-corrected chi connectivity index (χ0v) is 36.5. The van der Waals surface area contributed by atoms with Gasteiger partial charge in [-0.15, -0.1) is 22.7 Å². The number of benzene rings is 9. The smallest absolute Gasteiger partial charge is 0.307 e. The Hall–Kier alpha value is -7.54. The highest BCUT2D eigenvalue weighted by Crippen LogP contribution is 2.58. The van der Waals surface area contributed by atoms with Crippen molar-refractivity contribution in [2.45, 2.75) is 12.4 Å². The van der Waals surface area contributed by atoms with Crippen molar-refractivity contribution >= 4 is 107 Å². The van der Waals surface area contributed by atoms with Gasteiger partial charge in [-0.3, -0.25) is 0 Å². The van der Waals surface area contributed by atoms with Crippen molar-refractivity contribution < 1.29 is 35.1 Å². The molecule has 0 atom stereocenters. The monoisotopic (exact) mass is 944 g/mol. The van der Waals surface area contributed by atoms with Crippen molar-refractivity contribution in [1.82, 2.24) is 9.13 Å². The Morgan fingerprint density at radius 1 is 0.338 bits per heavy atom. The van der Waals surface area contributed by atoms with E-state index in [9.17, 15) is 0 Å². The molecule has 0 saturated heterocycles. The average molecular weight is 945 g/mol. The molecule has 0 fully saturated rings. The van der Waals surface area contributed by atoms with Gasteiger partial charge in [-0.2, -0.15) is 26.3 Å². The highest BCUT2D eigenvalue weighted by molar-refractivity contribution is 7.27. The van der Waals surface area contributed by atoms with E-state index >= 15 is 35.1 Å². The minimum absolute atomic E-state index is 0.107. The average Bonchev–Trinajstić information content (AvgIpc) is 4.08. The molecule has 0 aliphatic rings. The van der Waals surface area contributed by atoms with E-state index in [-0.39, 0.29) is 22.2 Å². The summed E-state index contributed by atoms with van der Waals surface area (Å²) in [5.74, 6) is -1.51. The summed E-state index contributed by atoms with van der Waals surface area (Å²) in [6, 6.07) is 44.5. The third kappa shape index (κ3) is 5.80. The van der Waals surface area contributed by atoms with Crippen molar-refractivity contribution in [3.8, 4) is 33.6 Å². The molecule has 4 heterocycles. The van der Waals surface area contributed by atoms with E-state index in [0.717, 1.165) is 54.4 Å². The molecule has 0 aliphatic carbocycles. The van der Waals surface area contributed by atoms with Gasteiger partial charge in [0.25, 0.3) is 0 Å². The van der Waals surface area contributed by atoms with E-state index in [1.54, 1.807) is 48.5 Å². The number of fused-ring (bicyclic) bond motifs is 14. The molecule has 0 radical (unpaired) electrons. The maximum atomic E-state index is 17.2. The molecule has 13 aromatic rings. The number of halogens is 8. The lowest BCUT2D eigenvalue weighted by molar-refractivity contribution is -0.142. The van der Waals surface area contributed by atoms with E-state index in [4.69, 9.17) is 0 Å². The summed E-state index contributed by atoms with van der Waals surface area (Å²) >= 11 is 2.66. The lowest BCUT2D eigenvalue weighted by Crippen LogP contribution is -2.23. The van der Waals surface area contributed by atoms with Crippen LogP contribution < -0.4 is 0 Å². The molecule has 0 spiro atoms. The summed E-state index contributed by atoms with van der Waals surface area (Å²) in [5, 5.41) is 5.15. The molecule has 13 rings (SSSR count). The molecular weight excluding hydrogens is 917 g/mol. The van der Waals surface area contributed by atoms with E-state index in [1.807, 2.05) is 66.7 Å². The second-order valence-electron chi connectivity index (χ2n) is 16.8. The Balaban J connectivity index is 1.37. The summed E-state index contributed by atoms with van der Waals surface area (Å²) < 4.78 is 139. The minimum Gasteiger partial charge on any atom is -0.307 e. The number of para-hydroxylation sites is 2. The summed E-state index contributed by atoms with van der Waals surface area (Å²) in [7, 11) is 0. The zero-order valence-electron chi connectivity index (χ0n) is 34.9. The predicted molar refractivity (Wildman–Crippen MR) is 262 cm³/mol. The number of rotatable bonds is 4. The number of nitrogens with zero attached hydrogens (tertiary/aromatic N) is 2. The topological polar surface area (TPSA) is 9.86 Å². The summed E-state index contributed by atoms with van der Waals surface area (Å²) in [4.78, 5) is 0. The van der Waals surface area contributed by atoms with Gasteiger partial charge in [-0.25, -0.2) is 8.78 Å². The Morgan fingerprint density at radius 3 is 1.10 bits per heavy atom. The number of hydrogen-bond acceptors (Lipinski definition) is 2. The second kappa shape index (κ2) is 14.5. The van der Waals surface area contributed by atoms with Gasteiger partial charge in [0.1, 0.15) is 11.6 Å². The molecule has 9 aromatic carbocycles. The first kappa shape index (κ1) is 40.7. The molecule has 0 N–H and O–H groups in total. The number of hydrogen-bond donors (Lipinski definition) is 0. The van der Waals surface area contributed by atoms with Gasteiger partial charge >= 0.3 is 12.4 Å². The van der Waals surface area contributed by atoms with E-state index in [0.29, 0.717) is 47.4 Å². The Morgan fingerprint density at radius 2 is 0.691 bits per heavy atom. The van der Waals surface area contributed by atoms with Crippen LogP contribution in [0, 0.1) is 11.6 Å². The standard InChI is InChI=1S/C56H28F8N2S2/c57-31-21-17-29(18-22-31)45-47(55(59,60)61)52(66-42-14-6-2-10-34(42)38-26-28-40-36-12-4-8-16-44(36)68-54(40)50(38)66)48(56(62,63)64)46(30-19-23-32(58)24-20-30)51(45)65-41-13-5-1-9-33(41)37-25-27-39-35-11-3-7-15-43(35)67-53(39)49(37)65/h1-28H. The van der Waals surface area contributed by atoms with Crippen molar-refractivity contribution in [2.75, 3.05) is 0 Å². The molecule has 0 aliphatic heterocycles. The second-order valence-corrected chi connectivity index (χ2v) is 18.9. The molecule has 0 saturated carbocycles. The molecule has 2 nitrogen and oxygen atoms in total. The normalized spacial score (nSPS) is 12.7. The fourth-order valence-electron chi connectivity index (χ4n) is 10.4. The fourth-order valence-corrected chi connectivity index (χ4v) is 12.9. The van der Waals surface area contributed by atoms with Gasteiger partial charge in [0.15, 0.2) is 0 Å². The van der Waals surface area contributed by atoms with Crippen LogP contribution in [0.15, 0.2) is 170 Å². The highest BCUT2D eigenvalue weighted by Gasteiger charge is 2.49. The maximum Gasteiger partial charge on any atom is 0.419 e. The van der Waals surface area contributed by atoms with Gasteiger partial charge in [-0.1, -0.05) is 121 Å². The molecule has 0 unspecified atom stereocenters. The molecule has 68 heavy (non-hydrogen) atoms. The maximum absolute atomic E-state index is 17.2. The van der Waals surface area contributed by atoms with Crippen LogP contribution in [0.2, 0.25) is 0 Å². The van der Waals surface area contributed by atoms with Crippen LogP contribution in [0.25, 0.3) is 118 Å². The first-order chi connectivity index (χ1) is 32.9. The lowest BCUT2D eigenvalue weighted by atomic mass is 9.85. The number of alkyl halides is 6. The molecular formula is C56H28F8N2S2. The zero-order chi connectivity index (χ0) is 46.4. The van der Waals surface area contributed by atoms with Gasteiger partial charge in [0.05, 0.1) is 54.0 Å². The van der Waals surface area contributed by atoms with E-state index in [1.165, 1.54) is 57.6 Å². The largest absolute Gasteiger partial charge is 0.419 e. The Bertz CT molecular complexity index is 4160. The van der Waals surface area contributed by atoms with Crippen LogP contribution in [0.3, 0.4) is 0 Å². The number of thiophene rings is 2. The first-order valence-corrected chi connectivity index (χ1v) is 23.1. The van der Waals surface area contributed by atoms with E-state index in [2.05, 4.69) is 0 Å².